The van der Waals surface area contributed by atoms with E-state index in [-0.39, 0.29) is 5.92 Å². The van der Waals surface area contributed by atoms with Gasteiger partial charge in [0.1, 0.15) is 0 Å². The number of amides is 1. The van der Waals surface area contributed by atoms with Crippen molar-refractivity contribution in [2.75, 3.05) is 20.1 Å². The smallest absolute Gasteiger partial charge is 0.226 e. The molecule has 0 spiro atoms. The van der Waals surface area contributed by atoms with Gasteiger partial charge in [0.25, 0.3) is 0 Å². The SMILES string of the molecule is CN1CCC[C@@H]1[C@@H]1CCCN1C(=O)[C@H]1CC=CCC1. The first-order valence-electron chi connectivity index (χ1n) is 7.93. The van der Waals surface area contributed by atoms with Crippen molar-refractivity contribution in [1.29, 1.82) is 0 Å². The van der Waals surface area contributed by atoms with Gasteiger partial charge in [0, 0.05) is 24.5 Å². The minimum atomic E-state index is 0.261. The van der Waals surface area contributed by atoms with Crippen molar-refractivity contribution < 1.29 is 4.79 Å². The molecule has 2 saturated heterocycles. The molecule has 2 fully saturated rings. The molecule has 3 nitrogen and oxygen atoms in total. The summed E-state index contributed by atoms with van der Waals surface area (Å²) < 4.78 is 0. The number of rotatable bonds is 2. The predicted octanol–water partition coefficient (Wildman–Crippen LogP) is 2.43. The zero-order valence-corrected chi connectivity index (χ0v) is 12.1. The van der Waals surface area contributed by atoms with Crippen LogP contribution in [0.2, 0.25) is 0 Å². The van der Waals surface area contributed by atoms with E-state index in [1.807, 2.05) is 0 Å². The maximum Gasteiger partial charge on any atom is 0.226 e. The Bertz CT molecular complexity index is 366. The molecule has 3 rings (SSSR count). The molecule has 19 heavy (non-hydrogen) atoms. The fourth-order valence-corrected chi connectivity index (χ4v) is 4.14. The fraction of sp³-hybridized carbons (Fsp3) is 0.812. The Morgan fingerprint density at radius 3 is 2.53 bits per heavy atom. The Morgan fingerprint density at radius 2 is 1.84 bits per heavy atom. The third-order valence-corrected chi connectivity index (χ3v) is 5.22. The van der Waals surface area contributed by atoms with E-state index in [2.05, 4.69) is 29.0 Å². The van der Waals surface area contributed by atoms with Crippen molar-refractivity contribution in [3.05, 3.63) is 12.2 Å². The Balaban J connectivity index is 1.68. The fourth-order valence-electron chi connectivity index (χ4n) is 4.14. The van der Waals surface area contributed by atoms with E-state index < -0.39 is 0 Å². The number of carbonyl (C=O) groups excluding carboxylic acids is 1. The molecule has 2 aliphatic heterocycles. The second-order valence-corrected chi connectivity index (χ2v) is 6.41. The standard InChI is InChI=1S/C16H26N2O/c1-17-11-5-9-14(17)15-10-6-12-18(15)16(19)13-7-3-2-4-8-13/h2-3,13-15H,4-12H2,1H3/t13-,14+,15-/m0/s1. The average molecular weight is 262 g/mol. The summed E-state index contributed by atoms with van der Waals surface area (Å²) in [4.78, 5) is 17.4. The van der Waals surface area contributed by atoms with E-state index in [9.17, 15) is 4.79 Å². The van der Waals surface area contributed by atoms with Gasteiger partial charge in [0.05, 0.1) is 0 Å². The number of likely N-dealkylation sites (N-methyl/N-ethyl adjacent to an activating group) is 1. The molecule has 106 valence electrons. The van der Waals surface area contributed by atoms with Gasteiger partial charge in [-0.2, -0.15) is 0 Å². The molecule has 0 N–H and O–H groups in total. The van der Waals surface area contributed by atoms with Crippen LogP contribution in [0.15, 0.2) is 12.2 Å². The van der Waals surface area contributed by atoms with Crippen LogP contribution in [0, 0.1) is 5.92 Å². The summed E-state index contributed by atoms with van der Waals surface area (Å²) in [7, 11) is 2.22. The zero-order chi connectivity index (χ0) is 13.2. The Hall–Kier alpha value is -0.830. The number of carbonyl (C=O) groups is 1. The Kier molecular flexibility index (Phi) is 3.92. The van der Waals surface area contributed by atoms with Crippen molar-refractivity contribution in [2.24, 2.45) is 5.92 Å². The molecular formula is C16H26N2O. The van der Waals surface area contributed by atoms with Gasteiger partial charge >= 0.3 is 0 Å². The molecule has 3 aliphatic rings. The van der Waals surface area contributed by atoms with Crippen molar-refractivity contribution in [3.8, 4) is 0 Å². The average Bonchev–Trinajstić information content (AvgIpc) is 3.07. The van der Waals surface area contributed by atoms with Crippen LogP contribution < -0.4 is 0 Å². The summed E-state index contributed by atoms with van der Waals surface area (Å²) in [5.41, 5.74) is 0. The largest absolute Gasteiger partial charge is 0.338 e. The van der Waals surface area contributed by atoms with Gasteiger partial charge in [-0.25, -0.2) is 0 Å². The molecule has 1 aliphatic carbocycles. The molecule has 0 saturated carbocycles. The van der Waals surface area contributed by atoms with Crippen LogP contribution in [0.1, 0.15) is 44.9 Å². The molecule has 0 unspecified atom stereocenters. The van der Waals surface area contributed by atoms with Gasteiger partial charge in [-0.1, -0.05) is 12.2 Å². The first kappa shape index (κ1) is 13.2. The highest BCUT2D eigenvalue weighted by molar-refractivity contribution is 5.80. The van der Waals surface area contributed by atoms with Crippen molar-refractivity contribution in [1.82, 2.24) is 9.80 Å². The maximum absolute atomic E-state index is 12.7. The van der Waals surface area contributed by atoms with Crippen LogP contribution >= 0.6 is 0 Å². The lowest BCUT2D eigenvalue weighted by Crippen LogP contribution is -2.49. The molecule has 0 aromatic heterocycles. The van der Waals surface area contributed by atoms with Gasteiger partial charge in [-0.3, -0.25) is 4.79 Å². The van der Waals surface area contributed by atoms with Crippen LogP contribution in [0.4, 0.5) is 0 Å². The molecule has 0 aromatic carbocycles. The van der Waals surface area contributed by atoms with Crippen LogP contribution in [-0.4, -0.2) is 47.9 Å². The molecule has 1 amide bonds. The second-order valence-electron chi connectivity index (χ2n) is 6.41. The topological polar surface area (TPSA) is 23.6 Å². The third-order valence-electron chi connectivity index (χ3n) is 5.22. The monoisotopic (exact) mass is 262 g/mol. The van der Waals surface area contributed by atoms with Gasteiger partial charge in [0.2, 0.25) is 5.91 Å². The highest BCUT2D eigenvalue weighted by atomic mass is 16.2. The lowest BCUT2D eigenvalue weighted by Gasteiger charge is -2.35. The van der Waals surface area contributed by atoms with Gasteiger partial charge in [-0.05, 0) is 58.5 Å². The van der Waals surface area contributed by atoms with Crippen LogP contribution in [-0.2, 0) is 4.79 Å². The van der Waals surface area contributed by atoms with E-state index >= 15 is 0 Å². The minimum absolute atomic E-state index is 0.261. The predicted molar refractivity (Wildman–Crippen MR) is 76.9 cm³/mol. The van der Waals surface area contributed by atoms with E-state index in [0.29, 0.717) is 18.0 Å². The number of allylic oxidation sites excluding steroid dienone is 2. The summed E-state index contributed by atoms with van der Waals surface area (Å²) in [5.74, 6) is 0.699. The quantitative estimate of drug-likeness (QED) is 0.714. The van der Waals surface area contributed by atoms with Gasteiger partial charge in [-0.15, -0.1) is 0 Å². The molecule has 0 bridgehead atoms. The Labute approximate surface area is 116 Å². The van der Waals surface area contributed by atoms with Gasteiger partial charge in [0.15, 0.2) is 0 Å². The van der Waals surface area contributed by atoms with Crippen molar-refractivity contribution >= 4 is 5.91 Å². The number of likely N-dealkylation sites (tertiary alicyclic amines) is 2. The van der Waals surface area contributed by atoms with Crippen LogP contribution in [0.3, 0.4) is 0 Å². The summed E-state index contributed by atoms with van der Waals surface area (Å²) in [6, 6.07) is 1.11. The number of nitrogens with zero attached hydrogens (tertiary/aromatic N) is 2. The summed E-state index contributed by atoms with van der Waals surface area (Å²) in [6.45, 7) is 2.20. The highest BCUT2D eigenvalue weighted by Gasteiger charge is 2.39. The Morgan fingerprint density at radius 1 is 1.05 bits per heavy atom. The minimum Gasteiger partial charge on any atom is -0.338 e. The van der Waals surface area contributed by atoms with Crippen LogP contribution in [0.25, 0.3) is 0 Å². The molecule has 3 atom stereocenters. The molecule has 0 radical (unpaired) electrons. The first-order chi connectivity index (χ1) is 9.27. The summed E-state index contributed by atoms with van der Waals surface area (Å²) in [5, 5.41) is 0. The maximum atomic E-state index is 12.7. The van der Waals surface area contributed by atoms with E-state index in [1.54, 1.807) is 0 Å². The van der Waals surface area contributed by atoms with E-state index in [4.69, 9.17) is 0 Å². The number of hydrogen-bond donors (Lipinski definition) is 0. The molecular weight excluding hydrogens is 236 g/mol. The summed E-state index contributed by atoms with van der Waals surface area (Å²) in [6.07, 6.45) is 12.5. The van der Waals surface area contributed by atoms with Crippen LogP contribution in [0.5, 0.6) is 0 Å². The van der Waals surface area contributed by atoms with Gasteiger partial charge < -0.3 is 9.80 Å². The van der Waals surface area contributed by atoms with Crippen molar-refractivity contribution in [3.63, 3.8) is 0 Å². The molecule has 2 heterocycles. The van der Waals surface area contributed by atoms with E-state index in [0.717, 1.165) is 25.8 Å². The number of hydrogen-bond acceptors (Lipinski definition) is 2. The lowest BCUT2D eigenvalue weighted by molar-refractivity contribution is -0.137. The second kappa shape index (κ2) is 5.66. The first-order valence-corrected chi connectivity index (χ1v) is 7.93. The summed E-state index contributed by atoms with van der Waals surface area (Å²) >= 11 is 0. The van der Waals surface area contributed by atoms with Crippen molar-refractivity contribution in [2.45, 2.75) is 57.0 Å². The van der Waals surface area contributed by atoms with E-state index in [1.165, 1.54) is 32.2 Å². The molecule has 3 heteroatoms. The third kappa shape index (κ3) is 2.58. The normalized spacial score (nSPS) is 36.1. The lowest BCUT2D eigenvalue weighted by atomic mass is 9.92. The zero-order valence-electron chi connectivity index (χ0n) is 12.1. The molecule has 0 aromatic rings. The highest BCUT2D eigenvalue weighted by Crippen LogP contribution is 2.31.